The van der Waals surface area contributed by atoms with Crippen LogP contribution in [0.1, 0.15) is 17.4 Å². The number of aromatic nitrogens is 2. The summed E-state index contributed by atoms with van der Waals surface area (Å²) in [4.78, 5) is 18.7. The fourth-order valence-electron chi connectivity index (χ4n) is 3.37. The summed E-state index contributed by atoms with van der Waals surface area (Å²) in [6, 6.07) is 18.3. The van der Waals surface area contributed by atoms with Gasteiger partial charge in [0.05, 0.1) is 23.7 Å². The first-order valence-corrected chi connectivity index (χ1v) is 8.55. The Morgan fingerprint density at radius 3 is 2.64 bits per heavy atom. The number of amides is 1. The Labute approximate surface area is 146 Å². The molecule has 0 radical (unpaired) electrons. The van der Waals surface area contributed by atoms with E-state index in [9.17, 15) is 4.79 Å². The minimum atomic E-state index is 0.0502. The molecule has 0 atom stereocenters. The smallest absolute Gasteiger partial charge is 0.248 e. The van der Waals surface area contributed by atoms with Gasteiger partial charge in [0, 0.05) is 13.1 Å². The van der Waals surface area contributed by atoms with E-state index in [0.717, 1.165) is 22.4 Å². The predicted octanol–water partition coefficient (Wildman–Crippen LogP) is 2.94. The van der Waals surface area contributed by atoms with Crippen molar-refractivity contribution in [3.63, 3.8) is 0 Å². The lowest BCUT2D eigenvalue weighted by Gasteiger charge is -2.40. The molecular formula is C20H21N3O2. The van der Waals surface area contributed by atoms with Gasteiger partial charge >= 0.3 is 0 Å². The summed E-state index contributed by atoms with van der Waals surface area (Å²) in [6.07, 6.45) is 0. The third-order valence-corrected chi connectivity index (χ3v) is 4.69. The van der Waals surface area contributed by atoms with E-state index < -0.39 is 0 Å². The van der Waals surface area contributed by atoms with Gasteiger partial charge in [-0.15, -0.1) is 0 Å². The van der Waals surface area contributed by atoms with Crippen LogP contribution in [0.3, 0.4) is 0 Å². The van der Waals surface area contributed by atoms with Crippen molar-refractivity contribution in [1.29, 1.82) is 0 Å². The van der Waals surface area contributed by atoms with Gasteiger partial charge in [-0.3, -0.25) is 4.79 Å². The van der Waals surface area contributed by atoms with Crippen LogP contribution in [0.25, 0.3) is 11.0 Å². The van der Waals surface area contributed by atoms with Crippen LogP contribution in [-0.4, -0.2) is 40.1 Å². The number of para-hydroxylation sites is 2. The second-order valence-corrected chi connectivity index (χ2v) is 6.45. The zero-order chi connectivity index (χ0) is 17.2. The summed E-state index contributed by atoms with van der Waals surface area (Å²) in [7, 11) is 0. The molecule has 1 aliphatic rings. The molecule has 5 nitrogen and oxygen atoms in total. The molecule has 1 aromatic heterocycles. The van der Waals surface area contributed by atoms with Crippen LogP contribution in [0.5, 0.6) is 0 Å². The topological polar surface area (TPSA) is 47.4 Å². The molecule has 2 aromatic carbocycles. The normalized spacial score (nSPS) is 14.7. The van der Waals surface area contributed by atoms with Gasteiger partial charge in [0.15, 0.2) is 0 Å². The summed E-state index contributed by atoms with van der Waals surface area (Å²) < 4.78 is 7.79. The van der Waals surface area contributed by atoms with Gasteiger partial charge in [-0.1, -0.05) is 42.5 Å². The van der Waals surface area contributed by atoms with Gasteiger partial charge in [-0.05, 0) is 24.6 Å². The zero-order valence-corrected chi connectivity index (χ0v) is 14.3. The third kappa shape index (κ3) is 3.15. The van der Waals surface area contributed by atoms with Crippen LogP contribution in [-0.2, 0) is 16.1 Å². The number of ether oxygens (including phenoxy) is 1. The van der Waals surface area contributed by atoms with E-state index in [2.05, 4.69) is 15.6 Å². The fourth-order valence-corrected chi connectivity index (χ4v) is 3.37. The van der Waals surface area contributed by atoms with E-state index in [4.69, 9.17) is 4.74 Å². The molecule has 0 aliphatic carbocycles. The molecule has 0 bridgehead atoms. The molecule has 128 valence electrons. The SMILES string of the molecule is Cc1nc2ccccc2n1C1CN(C(=O)COCc2ccccc2)C1. The van der Waals surface area contributed by atoms with Crippen molar-refractivity contribution in [3.05, 3.63) is 66.0 Å². The molecule has 0 saturated carbocycles. The standard InChI is InChI=1S/C20H21N3O2/c1-15-21-18-9-5-6-10-19(18)23(15)17-11-22(12-17)20(24)14-25-13-16-7-3-2-4-8-16/h2-10,17H,11-14H2,1H3. The Bertz CT molecular complexity index is 882. The highest BCUT2D eigenvalue weighted by molar-refractivity contribution is 5.79. The number of benzene rings is 2. The maximum absolute atomic E-state index is 12.3. The Hall–Kier alpha value is -2.66. The van der Waals surface area contributed by atoms with Crippen molar-refractivity contribution in [2.24, 2.45) is 0 Å². The van der Waals surface area contributed by atoms with Crippen molar-refractivity contribution in [2.75, 3.05) is 19.7 Å². The van der Waals surface area contributed by atoms with Crippen molar-refractivity contribution in [2.45, 2.75) is 19.6 Å². The van der Waals surface area contributed by atoms with E-state index in [1.807, 2.05) is 60.4 Å². The van der Waals surface area contributed by atoms with E-state index >= 15 is 0 Å². The molecule has 25 heavy (non-hydrogen) atoms. The van der Waals surface area contributed by atoms with Crippen molar-refractivity contribution in [3.8, 4) is 0 Å². The van der Waals surface area contributed by atoms with Gasteiger partial charge in [-0.2, -0.15) is 0 Å². The van der Waals surface area contributed by atoms with Gasteiger partial charge in [0.1, 0.15) is 12.4 Å². The quantitative estimate of drug-likeness (QED) is 0.720. The highest BCUT2D eigenvalue weighted by Gasteiger charge is 2.33. The minimum Gasteiger partial charge on any atom is -0.367 e. The number of hydrogen-bond acceptors (Lipinski definition) is 3. The van der Waals surface area contributed by atoms with Crippen molar-refractivity contribution in [1.82, 2.24) is 14.5 Å². The van der Waals surface area contributed by atoms with Gasteiger partial charge in [0.25, 0.3) is 0 Å². The number of imidazole rings is 1. The summed E-state index contributed by atoms with van der Waals surface area (Å²) >= 11 is 0. The third-order valence-electron chi connectivity index (χ3n) is 4.69. The van der Waals surface area contributed by atoms with Crippen molar-refractivity contribution >= 4 is 16.9 Å². The van der Waals surface area contributed by atoms with Crippen LogP contribution >= 0.6 is 0 Å². The number of likely N-dealkylation sites (tertiary alicyclic amines) is 1. The average molecular weight is 335 g/mol. The van der Waals surface area contributed by atoms with Gasteiger partial charge in [0.2, 0.25) is 5.91 Å². The van der Waals surface area contributed by atoms with Crippen LogP contribution in [0.4, 0.5) is 0 Å². The molecule has 3 aromatic rings. The molecule has 5 heteroatoms. The lowest BCUT2D eigenvalue weighted by molar-refractivity contribution is -0.142. The van der Waals surface area contributed by atoms with Crippen LogP contribution in [0.2, 0.25) is 0 Å². The maximum atomic E-state index is 12.3. The monoisotopic (exact) mass is 335 g/mol. The van der Waals surface area contributed by atoms with E-state index in [-0.39, 0.29) is 12.5 Å². The van der Waals surface area contributed by atoms with E-state index in [1.165, 1.54) is 0 Å². The van der Waals surface area contributed by atoms with Crippen LogP contribution in [0.15, 0.2) is 54.6 Å². The zero-order valence-electron chi connectivity index (χ0n) is 14.3. The Kier molecular flexibility index (Phi) is 4.24. The average Bonchev–Trinajstić information content (AvgIpc) is 2.91. The van der Waals surface area contributed by atoms with Gasteiger partial charge in [-0.25, -0.2) is 4.98 Å². The number of hydrogen-bond donors (Lipinski definition) is 0. The molecule has 0 unspecified atom stereocenters. The number of nitrogens with zero attached hydrogens (tertiary/aromatic N) is 3. The molecule has 0 N–H and O–H groups in total. The second-order valence-electron chi connectivity index (χ2n) is 6.45. The fraction of sp³-hybridized carbons (Fsp3) is 0.300. The highest BCUT2D eigenvalue weighted by atomic mass is 16.5. The summed E-state index contributed by atoms with van der Waals surface area (Å²) in [5.41, 5.74) is 3.23. The van der Waals surface area contributed by atoms with Crippen LogP contribution < -0.4 is 0 Å². The van der Waals surface area contributed by atoms with E-state index in [0.29, 0.717) is 25.7 Å². The summed E-state index contributed by atoms with van der Waals surface area (Å²) in [6.45, 7) is 4.05. The number of rotatable bonds is 5. The van der Waals surface area contributed by atoms with Gasteiger partial charge < -0.3 is 14.2 Å². The number of aryl methyl sites for hydroxylation is 1. The lowest BCUT2D eigenvalue weighted by Crippen LogP contribution is -2.52. The van der Waals surface area contributed by atoms with Crippen molar-refractivity contribution < 1.29 is 9.53 Å². The molecule has 4 rings (SSSR count). The second kappa shape index (κ2) is 6.69. The Morgan fingerprint density at radius 1 is 1.12 bits per heavy atom. The minimum absolute atomic E-state index is 0.0502. The first-order chi connectivity index (χ1) is 12.2. The molecule has 1 saturated heterocycles. The number of fused-ring (bicyclic) bond motifs is 1. The summed E-state index contributed by atoms with van der Waals surface area (Å²) in [5.74, 6) is 1.05. The largest absolute Gasteiger partial charge is 0.367 e. The molecule has 1 fully saturated rings. The Morgan fingerprint density at radius 2 is 1.84 bits per heavy atom. The molecule has 1 amide bonds. The predicted molar refractivity (Wildman–Crippen MR) is 96.2 cm³/mol. The first-order valence-electron chi connectivity index (χ1n) is 8.55. The summed E-state index contributed by atoms with van der Waals surface area (Å²) in [5, 5.41) is 0. The first kappa shape index (κ1) is 15.8. The molecule has 0 spiro atoms. The molecule has 1 aliphatic heterocycles. The molecule has 2 heterocycles. The van der Waals surface area contributed by atoms with Crippen LogP contribution in [0, 0.1) is 6.92 Å². The molecular weight excluding hydrogens is 314 g/mol. The number of carbonyl (C=O) groups is 1. The van der Waals surface area contributed by atoms with E-state index in [1.54, 1.807) is 0 Å². The lowest BCUT2D eigenvalue weighted by atomic mass is 10.1. The maximum Gasteiger partial charge on any atom is 0.248 e. The Balaban J connectivity index is 1.32. The number of carbonyl (C=O) groups excluding carboxylic acids is 1. The highest BCUT2D eigenvalue weighted by Crippen LogP contribution is 2.27.